The van der Waals surface area contributed by atoms with Crippen molar-refractivity contribution in [1.29, 1.82) is 0 Å². The van der Waals surface area contributed by atoms with Crippen LogP contribution in [-0.2, 0) is 0 Å². The van der Waals surface area contributed by atoms with E-state index in [2.05, 4.69) is 0 Å². The summed E-state index contributed by atoms with van der Waals surface area (Å²) in [6, 6.07) is 1.70. The summed E-state index contributed by atoms with van der Waals surface area (Å²) in [5, 5.41) is 3.53. The first kappa shape index (κ1) is 7.95. The van der Waals surface area contributed by atoms with Crippen molar-refractivity contribution in [2.24, 2.45) is 0 Å². The Morgan fingerprint density at radius 3 is 2.70 bits per heavy atom. The molecular weight excluding hydrogens is 171 g/mol. The van der Waals surface area contributed by atoms with Crippen LogP contribution < -0.4 is 4.52 Å². The predicted octanol–water partition coefficient (Wildman–Crippen LogP) is 1.24. The molecule has 5 heteroatoms. The monoisotopic (exact) mass is 180 g/mol. The van der Waals surface area contributed by atoms with Gasteiger partial charge in [0, 0.05) is 0 Å². The van der Waals surface area contributed by atoms with Crippen LogP contribution in [0.15, 0.2) is 16.8 Å². The van der Waals surface area contributed by atoms with Crippen molar-refractivity contribution < 1.29 is 14.3 Å². The number of hydrogen-bond acceptors (Lipinski definition) is 4. The summed E-state index contributed by atoms with van der Waals surface area (Å²) in [5.41, 5.74) is 0. The van der Waals surface area contributed by atoms with Gasteiger partial charge in [0.25, 0.3) is 0 Å². The maximum absolute atomic E-state index is 8.87. The predicted molar refractivity (Wildman–Crippen MR) is 43.6 cm³/mol. The summed E-state index contributed by atoms with van der Waals surface area (Å²) in [5.74, 6) is 0.532. The maximum atomic E-state index is 8.87. The van der Waals surface area contributed by atoms with E-state index in [4.69, 9.17) is 14.3 Å². The molecule has 0 aliphatic heterocycles. The molecule has 0 spiro atoms. The van der Waals surface area contributed by atoms with E-state index in [1.165, 1.54) is 18.0 Å². The van der Waals surface area contributed by atoms with Crippen LogP contribution in [-0.4, -0.2) is 16.5 Å². The van der Waals surface area contributed by atoms with Gasteiger partial charge < -0.3 is 0 Å². The molecular formula is C5H9O3PS. The van der Waals surface area contributed by atoms with Crippen molar-refractivity contribution in [2.45, 2.75) is 0 Å². The van der Waals surface area contributed by atoms with Crippen LogP contribution in [0.25, 0.3) is 0 Å². The molecule has 0 radical (unpaired) electrons. The van der Waals surface area contributed by atoms with Crippen LogP contribution >= 0.6 is 19.3 Å². The summed E-state index contributed by atoms with van der Waals surface area (Å²) >= 11 is 1.46. The molecule has 0 amide bonds. The zero-order chi connectivity index (χ0) is 7.61. The van der Waals surface area contributed by atoms with Gasteiger partial charge in [0.15, 0.2) is 0 Å². The Balaban J connectivity index is 2.57. The van der Waals surface area contributed by atoms with Crippen LogP contribution in [0.4, 0.5) is 0 Å². The summed E-state index contributed by atoms with van der Waals surface area (Å²) in [7, 11) is -3.36. The molecule has 0 fully saturated rings. The number of hydrogen-bond donors (Lipinski definition) is 2. The quantitative estimate of drug-likeness (QED) is 0.673. The Hall–Kier alpha value is -0.150. The molecule has 1 rings (SSSR count). The minimum absolute atomic E-state index is 0.532. The van der Waals surface area contributed by atoms with Crippen molar-refractivity contribution in [2.75, 3.05) is 6.66 Å². The molecule has 1 aromatic rings. The minimum atomic E-state index is -3.36. The van der Waals surface area contributed by atoms with E-state index >= 15 is 0 Å². The van der Waals surface area contributed by atoms with Gasteiger partial charge in [-0.2, -0.15) is 0 Å². The summed E-state index contributed by atoms with van der Waals surface area (Å²) < 4.78 is 4.80. The molecule has 2 N–H and O–H groups in total. The van der Waals surface area contributed by atoms with E-state index in [-0.39, 0.29) is 0 Å². The van der Waals surface area contributed by atoms with Crippen molar-refractivity contribution in [3.63, 3.8) is 0 Å². The van der Waals surface area contributed by atoms with Crippen LogP contribution in [0.3, 0.4) is 0 Å². The third-order valence-corrected chi connectivity index (χ3v) is 2.09. The molecule has 0 bridgehead atoms. The molecule has 58 valence electrons. The van der Waals surface area contributed by atoms with Gasteiger partial charge in [-0.25, -0.2) is 0 Å². The Labute approximate surface area is 63.5 Å². The van der Waals surface area contributed by atoms with Gasteiger partial charge in [0.2, 0.25) is 0 Å². The molecule has 1 heterocycles. The first-order valence-corrected chi connectivity index (χ1v) is 5.98. The number of thiophene rings is 1. The topological polar surface area (TPSA) is 49.7 Å². The van der Waals surface area contributed by atoms with Gasteiger partial charge in [-0.05, 0) is 0 Å². The van der Waals surface area contributed by atoms with Crippen LogP contribution in [0.1, 0.15) is 0 Å². The first-order chi connectivity index (χ1) is 4.58. The van der Waals surface area contributed by atoms with Crippen molar-refractivity contribution in [3.05, 3.63) is 16.8 Å². The van der Waals surface area contributed by atoms with Gasteiger partial charge in [0.1, 0.15) is 0 Å². The fourth-order valence-corrected chi connectivity index (χ4v) is 1.74. The molecule has 0 aliphatic carbocycles. The van der Waals surface area contributed by atoms with E-state index in [0.29, 0.717) is 5.75 Å². The zero-order valence-electron chi connectivity index (χ0n) is 5.44. The summed E-state index contributed by atoms with van der Waals surface area (Å²) in [4.78, 5) is 17.7. The molecule has 0 atom stereocenters. The van der Waals surface area contributed by atoms with E-state index < -0.39 is 7.94 Å². The molecule has 0 aromatic carbocycles. The Morgan fingerprint density at radius 1 is 1.60 bits per heavy atom. The molecule has 0 aliphatic rings. The van der Waals surface area contributed by atoms with E-state index in [0.717, 1.165) is 0 Å². The Morgan fingerprint density at radius 2 is 2.30 bits per heavy atom. The second-order valence-electron chi connectivity index (χ2n) is 2.00. The van der Waals surface area contributed by atoms with Gasteiger partial charge in [-0.15, -0.1) is 0 Å². The standard InChI is InChI=1S/C5H9O3PS/c1-9(6,7)8-5-2-3-10-4-5/h2-4,6-7,9H,1H3. The molecule has 0 unspecified atom stereocenters. The fraction of sp³-hybridized carbons (Fsp3) is 0.200. The third kappa shape index (κ3) is 2.62. The van der Waals surface area contributed by atoms with Crippen LogP contribution in [0, 0.1) is 0 Å². The van der Waals surface area contributed by atoms with E-state index in [1.807, 2.05) is 5.38 Å². The molecule has 0 saturated heterocycles. The second kappa shape index (κ2) is 2.84. The van der Waals surface area contributed by atoms with Gasteiger partial charge in [-0.3, -0.25) is 0 Å². The molecule has 0 saturated carbocycles. The first-order valence-electron chi connectivity index (χ1n) is 2.74. The van der Waals surface area contributed by atoms with Crippen LogP contribution in [0.2, 0.25) is 0 Å². The molecule has 1 aromatic heterocycles. The summed E-state index contributed by atoms with van der Waals surface area (Å²) in [6.07, 6.45) is 0. The molecule has 10 heavy (non-hydrogen) atoms. The van der Waals surface area contributed by atoms with Crippen molar-refractivity contribution >= 4 is 19.3 Å². The van der Waals surface area contributed by atoms with Gasteiger partial charge in [-0.1, -0.05) is 0 Å². The zero-order valence-corrected chi connectivity index (χ0v) is 7.26. The Kier molecular flexibility index (Phi) is 2.26. The van der Waals surface area contributed by atoms with Gasteiger partial charge in [0.05, 0.1) is 0 Å². The van der Waals surface area contributed by atoms with Crippen LogP contribution in [0.5, 0.6) is 5.75 Å². The van der Waals surface area contributed by atoms with Gasteiger partial charge >= 0.3 is 62.8 Å². The van der Waals surface area contributed by atoms with Crippen molar-refractivity contribution in [1.82, 2.24) is 0 Å². The second-order valence-corrected chi connectivity index (χ2v) is 4.85. The fourth-order valence-electron chi connectivity index (χ4n) is 0.533. The average Bonchev–Trinajstić information content (AvgIpc) is 2.12. The molecule has 3 nitrogen and oxygen atoms in total. The van der Waals surface area contributed by atoms with Crippen molar-refractivity contribution in [3.8, 4) is 5.75 Å². The number of rotatable bonds is 2. The Bertz CT molecular complexity index is 191. The van der Waals surface area contributed by atoms with E-state index in [1.54, 1.807) is 11.4 Å². The van der Waals surface area contributed by atoms with E-state index in [9.17, 15) is 0 Å². The SMILES string of the molecule is C[PH](O)(O)Oc1ccsc1. The summed E-state index contributed by atoms with van der Waals surface area (Å²) in [6.45, 7) is 1.30. The average molecular weight is 180 g/mol. The normalized spacial score (nSPS) is 13.1. The third-order valence-electron chi connectivity index (χ3n) is 0.806.